The molecule has 0 spiro atoms. The van der Waals surface area contributed by atoms with Gasteiger partial charge in [-0.15, -0.1) is 0 Å². The van der Waals surface area contributed by atoms with Crippen molar-refractivity contribution in [2.45, 2.75) is 32.0 Å². The first-order chi connectivity index (χ1) is 11.8. The molecule has 8 heteroatoms. The van der Waals surface area contributed by atoms with E-state index in [1.807, 2.05) is 13.0 Å². The predicted octanol–water partition coefficient (Wildman–Crippen LogP) is 3.14. The highest BCUT2D eigenvalue weighted by atomic mass is 19.4. The van der Waals surface area contributed by atoms with Crippen molar-refractivity contribution < 1.29 is 18.0 Å². The summed E-state index contributed by atoms with van der Waals surface area (Å²) < 4.78 is 39.1. The number of hydrogen-bond donors (Lipinski definition) is 2. The van der Waals surface area contributed by atoms with Gasteiger partial charge < -0.3 is 10.2 Å². The maximum atomic E-state index is 13.0. The number of piperidine rings is 1. The molecule has 0 unspecified atom stereocenters. The first kappa shape index (κ1) is 17.3. The van der Waals surface area contributed by atoms with Gasteiger partial charge in [0.05, 0.1) is 11.1 Å². The Labute approximate surface area is 143 Å². The molecule has 2 heterocycles. The van der Waals surface area contributed by atoms with Crippen molar-refractivity contribution in [3.8, 4) is 0 Å². The van der Waals surface area contributed by atoms with Crippen molar-refractivity contribution in [3.05, 3.63) is 47.2 Å². The van der Waals surface area contributed by atoms with Crippen molar-refractivity contribution >= 4 is 11.7 Å². The maximum Gasteiger partial charge on any atom is 0.417 e. The second kappa shape index (κ2) is 6.78. The van der Waals surface area contributed by atoms with Gasteiger partial charge in [0.2, 0.25) is 0 Å². The molecular formula is C17H19F3N4O. The van der Waals surface area contributed by atoms with Gasteiger partial charge in [0, 0.05) is 30.9 Å². The quantitative estimate of drug-likeness (QED) is 0.892. The van der Waals surface area contributed by atoms with Crippen LogP contribution >= 0.6 is 0 Å². The van der Waals surface area contributed by atoms with Crippen molar-refractivity contribution in [1.82, 2.24) is 15.5 Å². The zero-order chi connectivity index (χ0) is 18.0. The molecule has 0 atom stereocenters. The van der Waals surface area contributed by atoms with Crippen LogP contribution in [0.3, 0.4) is 0 Å². The number of rotatable bonds is 3. The largest absolute Gasteiger partial charge is 0.417 e. The van der Waals surface area contributed by atoms with E-state index in [4.69, 9.17) is 0 Å². The number of halogens is 3. The van der Waals surface area contributed by atoms with E-state index in [9.17, 15) is 18.0 Å². The van der Waals surface area contributed by atoms with Crippen LogP contribution in [0.1, 0.15) is 34.5 Å². The van der Waals surface area contributed by atoms with Crippen LogP contribution < -0.4 is 10.2 Å². The molecule has 2 aromatic rings. The zero-order valence-electron chi connectivity index (χ0n) is 13.7. The number of H-pyrrole nitrogens is 1. The van der Waals surface area contributed by atoms with Crippen molar-refractivity contribution in [2.24, 2.45) is 0 Å². The van der Waals surface area contributed by atoms with Gasteiger partial charge in [0.15, 0.2) is 5.82 Å². The molecular weight excluding hydrogens is 333 g/mol. The smallest absolute Gasteiger partial charge is 0.355 e. The number of anilines is 1. The number of carbonyl (C=O) groups excluding carboxylic acids is 1. The lowest BCUT2D eigenvalue weighted by Gasteiger charge is -2.32. The topological polar surface area (TPSA) is 61.0 Å². The van der Waals surface area contributed by atoms with Gasteiger partial charge >= 0.3 is 6.18 Å². The Bertz CT molecular complexity index is 748. The minimum Gasteiger partial charge on any atom is -0.355 e. The molecule has 2 N–H and O–H groups in total. The molecule has 3 rings (SSSR count). The summed E-state index contributed by atoms with van der Waals surface area (Å²) in [5.74, 6) is 0.173. The fourth-order valence-electron chi connectivity index (χ4n) is 3.01. The number of aromatic nitrogens is 2. The number of amides is 1. The molecule has 1 saturated heterocycles. The average molecular weight is 352 g/mol. The van der Waals surface area contributed by atoms with Gasteiger partial charge in [-0.2, -0.15) is 18.3 Å². The van der Waals surface area contributed by atoms with E-state index in [0.29, 0.717) is 25.9 Å². The third-order valence-electron chi connectivity index (χ3n) is 4.32. The molecule has 1 aliphatic heterocycles. The Morgan fingerprint density at radius 3 is 2.56 bits per heavy atom. The van der Waals surface area contributed by atoms with Gasteiger partial charge in [-0.25, -0.2) is 0 Å². The third-order valence-corrected chi connectivity index (χ3v) is 4.32. The van der Waals surface area contributed by atoms with Crippen LogP contribution in [0.5, 0.6) is 0 Å². The Kier molecular flexibility index (Phi) is 4.69. The molecule has 1 aromatic heterocycles. The summed E-state index contributed by atoms with van der Waals surface area (Å²) in [5, 5.41) is 9.81. The van der Waals surface area contributed by atoms with Crippen molar-refractivity contribution in [1.29, 1.82) is 0 Å². The van der Waals surface area contributed by atoms with E-state index in [1.54, 1.807) is 0 Å². The lowest BCUT2D eigenvalue weighted by atomic mass is 10.0. The van der Waals surface area contributed by atoms with Crippen molar-refractivity contribution in [3.63, 3.8) is 0 Å². The standard InChI is InChI=1S/C17H19F3N4O/c1-11-10-15(23-22-11)24-8-6-12(7-9-24)21-16(25)13-4-2-3-5-14(13)17(18,19)20/h2-5,10,12H,6-9H2,1H3,(H,21,25)(H,22,23). The summed E-state index contributed by atoms with van der Waals surface area (Å²) in [4.78, 5) is 14.4. The fourth-order valence-corrected chi connectivity index (χ4v) is 3.01. The Balaban J connectivity index is 1.62. The highest BCUT2D eigenvalue weighted by molar-refractivity contribution is 5.96. The van der Waals surface area contributed by atoms with Gasteiger partial charge in [0.25, 0.3) is 5.91 Å². The highest BCUT2D eigenvalue weighted by Crippen LogP contribution is 2.32. The summed E-state index contributed by atoms with van der Waals surface area (Å²) in [6.07, 6.45) is -3.23. The Hall–Kier alpha value is -2.51. The van der Waals surface area contributed by atoms with E-state index >= 15 is 0 Å². The number of benzene rings is 1. The second-order valence-corrected chi connectivity index (χ2v) is 6.19. The average Bonchev–Trinajstić information content (AvgIpc) is 3.01. The first-order valence-electron chi connectivity index (χ1n) is 8.08. The molecule has 0 radical (unpaired) electrons. The molecule has 1 aliphatic rings. The Morgan fingerprint density at radius 2 is 1.96 bits per heavy atom. The minimum atomic E-state index is -4.55. The fraction of sp³-hybridized carbons (Fsp3) is 0.412. The predicted molar refractivity (Wildman–Crippen MR) is 87.5 cm³/mol. The van der Waals surface area contributed by atoms with Gasteiger partial charge in [-0.1, -0.05) is 12.1 Å². The summed E-state index contributed by atoms with van der Waals surface area (Å²) in [7, 11) is 0. The minimum absolute atomic E-state index is 0.148. The maximum absolute atomic E-state index is 13.0. The number of carbonyl (C=O) groups is 1. The van der Waals surface area contributed by atoms with E-state index in [2.05, 4.69) is 20.4 Å². The summed E-state index contributed by atoms with van der Waals surface area (Å²) >= 11 is 0. The molecule has 134 valence electrons. The van der Waals surface area contributed by atoms with Crippen LogP contribution in [-0.2, 0) is 6.18 Å². The number of aryl methyl sites for hydroxylation is 1. The van der Waals surface area contributed by atoms with Gasteiger partial charge in [-0.05, 0) is 31.9 Å². The Morgan fingerprint density at radius 1 is 1.28 bits per heavy atom. The van der Waals surface area contributed by atoms with Crippen LogP contribution in [-0.4, -0.2) is 35.2 Å². The third kappa shape index (κ3) is 3.94. The normalized spacial score (nSPS) is 16.1. The van der Waals surface area contributed by atoms with Crippen LogP contribution in [0, 0.1) is 6.92 Å². The van der Waals surface area contributed by atoms with E-state index in [0.717, 1.165) is 17.6 Å². The molecule has 1 amide bonds. The molecule has 1 fully saturated rings. The lowest BCUT2D eigenvalue weighted by molar-refractivity contribution is -0.137. The zero-order valence-corrected chi connectivity index (χ0v) is 13.7. The van der Waals surface area contributed by atoms with E-state index in [1.165, 1.54) is 18.2 Å². The number of hydrogen-bond acceptors (Lipinski definition) is 3. The number of nitrogens with one attached hydrogen (secondary N) is 2. The molecule has 5 nitrogen and oxygen atoms in total. The molecule has 1 aromatic carbocycles. The number of nitrogens with zero attached hydrogens (tertiary/aromatic N) is 2. The van der Waals surface area contributed by atoms with Gasteiger partial charge in [0.1, 0.15) is 0 Å². The monoisotopic (exact) mass is 352 g/mol. The number of alkyl halides is 3. The van der Waals surface area contributed by atoms with Crippen LogP contribution in [0.2, 0.25) is 0 Å². The second-order valence-electron chi connectivity index (χ2n) is 6.19. The molecule has 25 heavy (non-hydrogen) atoms. The number of aromatic amines is 1. The SMILES string of the molecule is Cc1cc(N2CCC(NC(=O)c3ccccc3C(F)(F)F)CC2)n[nH]1. The van der Waals surface area contributed by atoms with Crippen LogP contribution in [0.4, 0.5) is 19.0 Å². The molecule has 0 aliphatic carbocycles. The highest BCUT2D eigenvalue weighted by Gasteiger charge is 2.35. The summed E-state index contributed by atoms with van der Waals surface area (Å²) in [5.41, 5.74) is -0.272. The van der Waals surface area contributed by atoms with E-state index < -0.39 is 17.6 Å². The van der Waals surface area contributed by atoms with Crippen LogP contribution in [0.15, 0.2) is 30.3 Å². The van der Waals surface area contributed by atoms with Gasteiger partial charge in [-0.3, -0.25) is 9.89 Å². The van der Waals surface area contributed by atoms with Crippen molar-refractivity contribution in [2.75, 3.05) is 18.0 Å². The summed E-state index contributed by atoms with van der Waals surface area (Å²) in [6.45, 7) is 3.30. The van der Waals surface area contributed by atoms with Crippen LogP contribution in [0.25, 0.3) is 0 Å². The van der Waals surface area contributed by atoms with E-state index in [-0.39, 0.29) is 11.6 Å². The summed E-state index contributed by atoms with van der Waals surface area (Å²) in [6, 6.07) is 6.65. The molecule has 0 saturated carbocycles. The lowest BCUT2D eigenvalue weighted by Crippen LogP contribution is -2.45. The molecule has 0 bridgehead atoms. The first-order valence-corrected chi connectivity index (χ1v) is 8.08.